The van der Waals surface area contributed by atoms with Crippen LogP contribution in [-0.4, -0.2) is 34.4 Å². The molecule has 4 nitrogen and oxygen atoms in total. The number of benzene rings is 2. The molecule has 1 aliphatic heterocycles. The molecule has 0 radical (unpaired) electrons. The van der Waals surface area contributed by atoms with Crippen LogP contribution in [0.2, 0.25) is 0 Å². The van der Waals surface area contributed by atoms with E-state index in [0.29, 0.717) is 24.7 Å². The van der Waals surface area contributed by atoms with Gasteiger partial charge in [0.15, 0.2) is 0 Å². The van der Waals surface area contributed by atoms with Gasteiger partial charge in [-0.3, -0.25) is 0 Å². The van der Waals surface area contributed by atoms with Crippen molar-refractivity contribution in [2.24, 2.45) is 0 Å². The second-order valence-electron chi connectivity index (χ2n) is 13.0. The summed E-state index contributed by atoms with van der Waals surface area (Å²) in [5.74, 6) is 3.13. The Morgan fingerprint density at radius 3 is 1.41 bits per heavy atom. The van der Waals surface area contributed by atoms with Crippen molar-refractivity contribution >= 4 is 11.8 Å². The van der Waals surface area contributed by atoms with E-state index < -0.39 is 5.41 Å². The molecule has 250 valence electrons. The molecule has 0 bridgehead atoms. The molecule has 2 aromatic rings. The first-order valence-corrected chi connectivity index (χ1v) is 18.9. The molecule has 1 unspecified atom stereocenters. The first-order chi connectivity index (χ1) is 21.3. The summed E-state index contributed by atoms with van der Waals surface area (Å²) in [4.78, 5) is 0. The highest BCUT2D eigenvalue weighted by atomic mass is 32.2. The van der Waals surface area contributed by atoms with Crippen molar-refractivity contribution in [2.45, 2.75) is 154 Å². The number of hydrogen-bond donors (Lipinski definition) is 2. The van der Waals surface area contributed by atoms with Gasteiger partial charge in [0.05, 0.1) is 13.2 Å². The Balaban J connectivity index is 0.000000319. The summed E-state index contributed by atoms with van der Waals surface area (Å²) < 4.78 is 11.7. The average molecular weight is 629 g/mol. The number of hydrogen-bond acceptors (Lipinski definition) is 5. The number of aromatic hydroxyl groups is 2. The zero-order valence-electron chi connectivity index (χ0n) is 28.8. The first-order valence-electron chi connectivity index (χ1n) is 17.9. The summed E-state index contributed by atoms with van der Waals surface area (Å²) in [5.41, 5.74) is 1.50. The van der Waals surface area contributed by atoms with E-state index in [1.54, 1.807) is 24.3 Å². The third kappa shape index (κ3) is 14.4. The Kier molecular flexibility index (Phi) is 19.5. The topological polar surface area (TPSA) is 58.9 Å². The summed E-state index contributed by atoms with van der Waals surface area (Å²) in [7, 11) is 0. The molecule has 1 aliphatic rings. The van der Waals surface area contributed by atoms with Crippen molar-refractivity contribution in [1.29, 1.82) is 0 Å². The predicted molar refractivity (Wildman–Crippen MR) is 191 cm³/mol. The van der Waals surface area contributed by atoms with E-state index in [9.17, 15) is 10.2 Å². The summed E-state index contributed by atoms with van der Waals surface area (Å²) in [5, 5.41) is 20.7. The van der Waals surface area contributed by atoms with Crippen LogP contribution in [0.25, 0.3) is 0 Å². The number of thioether (sulfide) groups is 1. The van der Waals surface area contributed by atoms with Gasteiger partial charge in [-0.05, 0) is 43.6 Å². The maximum Gasteiger partial charge on any atom is 0.127 e. The van der Waals surface area contributed by atoms with Crippen LogP contribution in [-0.2, 0) is 5.41 Å². The zero-order valence-corrected chi connectivity index (χ0v) is 29.6. The minimum absolute atomic E-state index is 0.179. The van der Waals surface area contributed by atoms with Crippen LogP contribution in [0.4, 0.5) is 0 Å². The van der Waals surface area contributed by atoms with Crippen molar-refractivity contribution in [3.63, 3.8) is 0 Å². The lowest BCUT2D eigenvalue weighted by Gasteiger charge is -2.30. The Morgan fingerprint density at radius 1 is 0.636 bits per heavy atom. The van der Waals surface area contributed by atoms with Crippen LogP contribution < -0.4 is 9.47 Å². The molecule has 0 spiro atoms. The maximum atomic E-state index is 9.84. The molecule has 3 rings (SSSR count). The Morgan fingerprint density at radius 2 is 1.05 bits per heavy atom. The van der Waals surface area contributed by atoms with Gasteiger partial charge in [0.1, 0.15) is 23.0 Å². The molecule has 1 heterocycles. The van der Waals surface area contributed by atoms with Gasteiger partial charge in [0, 0.05) is 33.9 Å². The van der Waals surface area contributed by atoms with Gasteiger partial charge >= 0.3 is 0 Å². The van der Waals surface area contributed by atoms with Gasteiger partial charge in [-0.25, -0.2) is 0 Å². The van der Waals surface area contributed by atoms with E-state index >= 15 is 0 Å². The molecule has 0 amide bonds. The van der Waals surface area contributed by atoms with Crippen LogP contribution in [0, 0.1) is 0 Å². The fraction of sp³-hybridized carbons (Fsp3) is 0.692. The lowest BCUT2D eigenvalue weighted by atomic mass is 9.77. The summed E-state index contributed by atoms with van der Waals surface area (Å²) in [6, 6.07) is 10.4. The van der Waals surface area contributed by atoms with Crippen LogP contribution >= 0.6 is 11.8 Å². The monoisotopic (exact) mass is 628 g/mol. The van der Waals surface area contributed by atoms with E-state index in [-0.39, 0.29) is 11.5 Å². The Bertz CT molecular complexity index is 958. The highest BCUT2D eigenvalue weighted by Gasteiger charge is 2.30. The molecular formula is C39H64O4S. The van der Waals surface area contributed by atoms with E-state index in [1.807, 2.05) is 26.0 Å². The molecule has 0 saturated carbocycles. The highest BCUT2D eigenvalue weighted by molar-refractivity contribution is 8.01. The van der Waals surface area contributed by atoms with Crippen LogP contribution in [0.5, 0.6) is 23.0 Å². The van der Waals surface area contributed by atoms with Gasteiger partial charge in [-0.2, -0.15) is 11.8 Å². The largest absolute Gasteiger partial charge is 0.508 e. The molecule has 1 saturated heterocycles. The zero-order chi connectivity index (χ0) is 32.0. The molecular weight excluding hydrogens is 564 g/mol. The minimum atomic E-state index is -0.423. The van der Waals surface area contributed by atoms with E-state index in [0.717, 1.165) is 29.2 Å². The normalized spacial score (nSPS) is 14.4. The number of phenols is 2. The third-order valence-electron chi connectivity index (χ3n) is 8.62. The van der Waals surface area contributed by atoms with Gasteiger partial charge in [0.25, 0.3) is 0 Å². The quantitative estimate of drug-likeness (QED) is 0.127. The number of phenolic OH excluding ortho intramolecular Hbond substituents is 2. The number of ether oxygens (including phenoxy) is 2. The van der Waals surface area contributed by atoms with E-state index in [1.165, 1.54) is 102 Å². The van der Waals surface area contributed by atoms with Crippen molar-refractivity contribution in [3.05, 3.63) is 47.5 Å². The van der Waals surface area contributed by atoms with Crippen molar-refractivity contribution in [2.75, 3.05) is 19.0 Å². The third-order valence-corrected chi connectivity index (χ3v) is 10.0. The lowest BCUT2D eigenvalue weighted by molar-refractivity contribution is 0.300. The lowest BCUT2D eigenvalue weighted by Crippen LogP contribution is -2.21. The van der Waals surface area contributed by atoms with Gasteiger partial charge in [-0.1, -0.05) is 130 Å². The fourth-order valence-electron chi connectivity index (χ4n) is 5.76. The Hall–Kier alpha value is -2.01. The van der Waals surface area contributed by atoms with Gasteiger partial charge in [0.2, 0.25) is 0 Å². The molecule has 2 N–H and O–H groups in total. The van der Waals surface area contributed by atoms with Crippen LogP contribution in [0.1, 0.15) is 155 Å². The highest BCUT2D eigenvalue weighted by Crippen LogP contribution is 2.43. The Labute approximate surface area is 274 Å². The SMILES string of the molecule is CCCCCCCCCCCCCCCC1CCS1.CCCOc1cc(O)ccc1C(C)(C)c1ccc(O)cc1OCCC. The van der Waals surface area contributed by atoms with E-state index in [2.05, 4.69) is 32.5 Å². The minimum Gasteiger partial charge on any atom is -0.508 e. The molecule has 0 aliphatic carbocycles. The first kappa shape index (κ1) is 38.2. The summed E-state index contributed by atoms with van der Waals surface area (Å²) >= 11 is 2.19. The van der Waals surface area contributed by atoms with Crippen LogP contribution in [0.3, 0.4) is 0 Å². The number of unbranched alkanes of at least 4 members (excludes halogenated alkanes) is 12. The molecule has 1 atom stereocenters. The molecule has 44 heavy (non-hydrogen) atoms. The van der Waals surface area contributed by atoms with Crippen molar-refractivity contribution in [1.82, 2.24) is 0 Å². The fourth-order valence-corrected chi connectivity index (χ4v) is 6.67. The predicted octanol–water partition coefficient (Wildman–Crippen LogP) is 12.0. The van der Waals surface area contributed by atoms with Crippen LogP contribution in [0.15, 0.2) is 36.4 Å². The van der Waals surface area contributed by atoms with Gasteiger partial charge < -0.3 is 19.7 Å². The maximum absolute atomic E-state index is 9.84. The number of rotatable bonds is 22. The smallest absolute Gasteiger partial charge is 0.127 e. The molecule has 5 heteroatoms. The second-order valence-corrected chi connectivity index (χ2v) is 14.4. The van der Waals surface area contributed by atoms with E-state index in [4.69, 9.17) is 9.47 Å². The molecule has 0 aromatic heterocycles. The average Bonchev–Trinajstić information content (AvgIpc) is 2.98. The second kappa shape index (κ2) is 22.5. The standard InChI is InChI=1S/C21H28O4.C18H36S/c1-5-11-24-19-13-15(22)7-9-17(19)21(3,4)18-10-8-16(23)14-20(18)25-12-6-2;1-2-3-4-5-6-7-8-9-10-11-12-13-14-15-18-16-17-19-18/h7-10,13-14,22-23H,5-6,11-12H2,1-4H3;18H,2-17H2,1H3. The van der Waals surface area contributed by atoms with Crippen molar-refractivity contribution in [3.8, 4) is 23.0 Å². The summed E-state index contributed by atoms with van der Waals surface area (Å²) in [6.07, 6.45) is 24.0. The van der Waals surface area contributed by atoms with Crippen molar-refractivity contribution < 1.29 is 19.7 Å². The molecule has 1 fully saturated rings. The van der Waals surface area contributed by atoms with Gasteiger partial charge in [-0.15, -0.1) is 0 Å². The molecule has 2 aromatic carbocycles. The summed E-state index contributed by atoms with van der Waals surface area (Å²) in [6.45, 7) is 11.7.